The maximum atomic E-state index is 13.4. The zero-order valence-corrected chi connectivity index (χ0v) is 19.1. The topological polar surface area (TPSA) is 93.2 Å². The van der Waals surface area contributed by atoms with E-state index in [9.17, 15) is 19.2 Å². The fraction of sp³-hybridized carbons (Fsp3) is 0.185. The molecule has 1 aliphatic rings. The predicted molar refractivity (Wildman–Crippen MR) is 128 cm³/mol. The first kappa shape index (κ1) is 23.7. The third-order valence-corrected chi connectivity index (χ3v) is 5.67. The second-order valence-corrected chi connectivity index (χ2v) is 7.93. The van der Waals surface area contributed by atoms with E-state index in [0.717, 1.165) is 10.5 Å². The number of methoxy groups -OCH3 is 1. The van der Waals surface area contributed by atoms with Crippen molar-refractivity contribution >= 4 is 29.4 Å². The number of hydrogen-bond donors (Lipinski definition) is 0. The second kappa shape index (κ2) is 10.6. The van der Waals surface area contributed by atoms with E-state index >= 15 is 0 Å². The molecule has 8 heteroatoms. The summed E-state index contributed by atoms with van der Waals surface area (Å²) in [5.41, 5.74) is 1.44. The molecule has 3 aromatic carbocycles. The average molecular weight is 472 g/mol. The van der Waals surface area contributed by atoms with E-state index in [1.54, 1.807) is 24.3 Å². The number of benzene rings is 3. The molecule has 0 N–H and O–H groups in total. The number of ether oxygens (including phenoxy) is 2. The van der Waals surface area contributed by atoms with Crippen LogP contribution in [0.3, 0.4) is 0 Å². The summed E-state index contributed by atoms with van der Waals surface area (Å²) < 4.78 is 10.3. The molecular weight excluding hydrogens is 448 g/mol. The van der Waals surface area contributed by atoms with Crippen LogP contribution < -0.4 is 9.64 Å². The molecule has 4 rings (SSSR count). The van der Waals surface area contributed by atoms with Gasteiger partial charge in [-0.2, -0.15) is 0 Å². The van der Waals surface area contributed by atoms with E-state index in [0.29, 0.717) is 17.0 Å². The fourth-order valence-electron chi connectivity index (χ4n) is 3.89. The van der Waals surface area contributed by atoms with Crippen LogP contribution in [-0.2, 0) is 25.7 Å². The summed E-state index contributed by atoms with van der Waals surface area (Å²) >= 11 is 0. The van der Waals surface area contributed by atoms with Gasteiger partial charge in [-0.3, -0.25) is 14.4 Å². The molecule has 3 aromatic rings. The molecule has 8 nitrogen and oxygen atoms in total. The second-order valence-electron chi connectivity index (χ2n) is 7.93. The third-order valence-electron chi connectivity index (χ3n) is 5.67. The Hall–Kier alpha value is -4.46. The molecule has 0 radical (unpaired) electrons. The molecule has 1 atom stereocenters. The van der Waals surface area contributed by atoms with Crippen molar-refractivity contribution in [2.75, 3.05) is 18.6 Å². The Bertz CT molecular complexity index is 1210. The minimum Gasteiger partial charge on any atom is -0.484 e. The van der Waals surface area contributed by atoms with Crippen molar-refractivity contribution < 1.29 is 28.7 Å². The summed E-state index contributed by atoms with van der Waals surface area (Å²) in [6.45, 7) is -0.126. The van der Waals surface area contributed by atoms with Crippen molar-refractivity contribution in [3.05, 3.63) is 96.1 Å². The summed E-state index contributed by atoms with van der Waals surface area (Å²) in [7, 11) is 1.27. The van der Waals surface area contributed by atoms with Crippen molar-refractivity contribution in [3.8, 4) is 5.75 Å². The van der Waals surface area contributed by atoms with Gasteiger partial charge in [0, 0.05) is 6.54 Å². The lowest BCUT2D eigenvalue weighted by atomic mass is 10.1. The Morgan fingerprint density at radius 3 is 2.17 bits per heavy atom. The summed E-state index contributed by atoms with van der Waals surface area (Å²) in [6.07, 6.45) is -0.151. The molecule has 3 amide bonds. The highest BCUT2D eigenvalue weighted by Gasteiger charge is 2.44. The molecule has 1 heterocycles. The monoisotopic (exact) mass is 472 g/mol. The molecule has 1 fully saturated rings. The normalized spacial score (nSPS) is 15.1. The molecule has 1 saturated heterocycles. The van der Waals surface area contributed by atoms with Gasteiger partial charge in [0.15, 0.2) is 6.61 Å². The van der Waals surface area contributed by atoms with Gasteiger partial charge in [-0.1, -0.05) is 48.5 Å². The van der Waals surface area contributed by atoms with Crippen LogP contribution in [0.2, 0.25) is 0 Å². The van der Waals surface area contributed by atoms with Gasteiger partial charge in [0.1, 0.15) is 11.8 Å². The molecule has 178 valence electrons. The van der Waals surface area contributed by atoms with E-state index in [1.807, 2.05) is 36.4 Å². The number of anilines is 1. The average Bonchev–Trinajstić information content (AvgIpc) is 3.19. The highest BCUT2D eigenvalue weighted by atomic mass is 16.5. The number of para-hydroxylation sites is 1. The minimum atomic E-state index is -0.977. The Morgan fingerprint density at radius 1 is 0.914 bits per heavy atom. The first-order valence-electron chi connectivity index (χ1n) is 11.0. The minimum absolute atomic E-state index is 0.149. The maximum Gasteiger partial charge on any atom is 0.337 e. The standard InChI is InChI=1S/C27H24N2O6/c1-34-27(33)20-12-14-21(15-13-20)29-24(30)16-23(26(29)32)28(17-19-8-4-2-5-9-19)25(31)18-35-22-10-6-3-7-11-22/h2-15,23H,16-18H2,1H3. The number of hydrogen-bond acceptors (Lipinski definition) is 6. The van der Waals surface area contributed by atoms with Crippen LogP contribution in [0.25, 0.3) is 0 Å². The van der Waals surface area contributed by atoms with Crippen molar-refractivity contribution in [3.63, 3.8) is 0 Å². The van der Waals surface area contributed by atoms with Crippen LogP contribution in [0.15, 0.2) is 84.9 Å². The van der Waals surface area contributed by atoms with Gasteiger partial charge in [0.05, 0.1) is 24.8 Å². The lowest BCUT2D eigenvalue weighted by molar-refractivity contribution is -0.140. The first-order chi connectivity index (χ1) is 17.0. The van der Waals surface area contributed by atoms with Crippen LogP contribution in [0.1, 0.15) is 22.3 Å². The van der Waals surface area contributed by atoms with E-state index in [-0.39, 0.29) is 19.6 Å². The molecule has 0 aliphatic carbocycles. The SMILES string of the molecule is COC(=O)c1ccc(N2C(=O)CC(N(Cc3ccccc3)C(=O)COc3ccccc3)C2=O)cc1. The van der Waals surface area contributed by atoms with Gasteiger partial charge < -0.3 is 14.4 Å². The number of carbonyl (C=O) groups excluding carboxylic acids is 4. The number of esters is 1. The van der Waals surface area contributed by atoms with Crippen molar-refractivity contribution in [1.82, 2.24) is 4.90 Å². The number of carbonyl (C=O) groups is 4. The summed E-state index contributed by atoms with van der Waals surface area (Å²) in [5, 5.41) is 0. The van der Waals surface area contributed by atoms with Gasteiger partial charge in [-0.25, -0.2) is 9.69 Å². The lowest BCUT2D eigenvalue weighted by Crippen LogP contribution is -2.46. The molecule has 0 bridgehead atoms. The van der Waals surface area contributed by atoms with Crippen molar-refractivity contribution in [1.29, 1.82) is 0 Å². The van der Waals surface area contributed by atoms with E-state index < -0.39 is 29.7 Å². The molecule has 0 aromatic heterocycles. The fourth-order valence-corrected chi connectivity index (χ4v) is 3.89. The number of nitrogens with zero attached hydrogens (tertiary/aromatic N) is 2. The molecule has 0 saturated carbocycles. The highest BCUT2D eigenvalue weighted by Crippen LogP contribution is 2.27. The molecule has 0 spiro atoms. The van der Waals surface area contributed by atoms with Crippen molar-refractivity contribution in [2.24, 2.45) is 0 Å². The Balaban J connectivity index is 1.56. The molecule has 1 unspecified atom stereocenters. The lowest BCUT2D eigenvalue weighted by Gasteiger charge is -2.28. The summed E-state index contributed by atoms with van der Waals surface area (Å²) in [4.78, 5) is 53.6. The quantitative estimate of drug-likeness (QED) is 0.369. The number of rotatable bonds is 8. The van der Waals surface area contributed by atoms with Crippen molar-refractivity contribution in [2.45, 2.75) is 19.0 Å². The van der Waals surface area contributed by atoms with Gasteiger partial charge in [-0.15, -0.1) is 0 Å². The third kappa shape index (κ3) is 5.38. The largest absolute Gasteiger partial charge is 0.484 e. The number of imide groups is 1. The molecular formula is C27H24N2O6. The zero-order valence-electron chi connectivity index (χ0n) is 19.1. The molecule has 1 aliphatic heterocycles. The van der Waals surface area contributed by atoms with Crippen LogP contribution in [0.5, 0.6) is 5.75 Å². The maximum absolute atomic E-state index is 13.4. The van der Waals surface area contributed by atoms with Gasteiger partial charge in [0.25, 0.3) is 11.8 Å². The smallest absolute Gasteiger partial charge is 0.337 e. The van der Waals surface area contributed by atoms with Crippen LogP contribution in [-0.4, -0.2) is 48.3 Å². The Kier molecular flexibility index (Phi) is 7.21. The van der Waals surface area contributed by atoms with Crippen LogP contribution in [0, 0.1) is 0 Å². The van der Waals surface area contributed by atoms with Gasteiger partial charge >= 0.3 is 5.97 Å². The molecule has 35 heavy (non-hydrogen) atoms. The summed E-state index contributed by atoms with van der Waals surface area (Å²) in [6, 6.07) is 23.1. The van der Waals surface area contributed by atoms with E-state index in [4.69, 9.17) is 4.74 Å². The Labute approximate surface area is 202 Å². The van der Waals surface area contributed by atoms with Gasteiger partial charge in [0.2, 0.25) is 5.91 Å². The summed E-state index contributed by atoms with van der Waals surface area (Å²) in [5.74, 6) is -1.34. The first-order valence-corrected chi connectivity index (χ1v) is 11.0. The Morgan fingerprint density at radius 2 is 1.54 bits per heavy atom. The van der Waals surface area contributed by atoms with Gasteiger partial charge in [-0.05, 0) is 42.0 Å². The van der Waals surface area contributed by atoms with E-state index in [1.165, 1.54) is 36.3 Å². The number of amides is 3. The predicted octanol–water partition coefficient (Wildman–Crippen LogP) is 3.21. The van der Waals surface area contributed by atoms with Crippen LogP contribution >= 0.6 is 0 Å². The van der Waals surface area contributed by atoms with Crippen LogP contribution in [0.4, 0.5) is 5.69 Å². The van der Waals surface area contributed by atoms with E-state index in [2.05, 4.69) is 4.74 Å². The zero-order chi connectivity index (χ0) is 24.8. The highest BCUT2D eigenvalue weighted by molar-refractivity contribution is 6.23.